The fraction of sp³-hybridized carbons (Fsp3) is 0.364. The fourth-order valence-electron chi connectivity index (χ4n) is 1.86. The van der Waals surface area contributed by atoms with Crippen LogP contribution in [0.25, 0.3) is 0 Å². The number of hydrogen-bond donors (Lipinski definition) is 1. The zero-order chi connectivity index (χ0) is 10.8. The highest BCUT2D eigenvalue weighted by atomic mass is 19.1. The van der Waals surface area contributed by atoms with Crippen molar-refractivity contribution < 1.29 is 13.9 Å². The maximum absolute atomic E-state index is 13.5. The molecule has 0 aromatic heterocycles. The van der Waals surface area contributed by atoms with E-state index in [1.807, 2.05) is 0 Å². The molecule has 1 aromatic carbocycles. The lowest BCUT2D eigenvalue weighted by molar-refractivity contribution is 0.0593. The van der Waals surface area contributed by atoms with Crippen LogP contribution in [0.1, 0.15) is 21.5 Å². The standard InChI is InChI=1S/C11H12FNO2/c1-15-11(14)10-8-6-13-5-4-7(8)2-3-9(10)12/h2-3,13H,4-6H2,1H3. The van der Waals surface area contributed by atoms with E-state index >= 15 is 0 Å². The van der Waals surface area contributed by atoms with Crippen molar-refractivity contribution in [3.8, 4) is 0 Å². The van der Waals surface area contributed by atoms with Gasteiger partial charge >= 0.3 is 5.97 Å². The fourth-order valence-corrected chi connectivity index (χ4v) is 1.86. The molecule has 0 atom stereocenters. The Kier molecular flexibility index (Phi) is 2.68. The van der Waals surface area contributed by atoms with Gasteiger partial charge in [-0.1, -0.05) is 6.07 Å². The van der Waals surface area contributed by atoms with Crippen molar-refractivity contribution >= 4 is 5.97 Å². The monoisotopic (exact) mass is 209 g/mol. The molecule has 0 spiro atoms. The third-order valence-electron chi connectivity index (χ3n) is 2.62. The number of rotatable bonds is 1. The summed E-state index contributed by atoms with van der Waals surface area (Å²) in [5.41, 5.74) is 1.82. The average molecular weight is 209 g/mol. The molecule has 0 unspecified atom stereocenters. The van der Waals surface area contributed by atoms with Gasteiger partial charge in [0.25, 0.3) is 0 Å². The van der Waals surface area contributed by atoms with Crippen LogP contribution in [-0.2, 0) is 17.7 Å². The number of halogens is 1. The predicted molar refractivity (Wildman–Crippen MR) is 53.2 cm³/mol. The third-order valence-corrected chi connectivity index (χ3v) is 2.62. The quantitative estimate of drug-likeness (QED) is 0.707. The first-order valence-electron chi connectivity index (χ1n) is 4.83. The molecule has 1 aliphatic heterocycles. The zero-order valence-electron chi connectivity index (χ0n) is 8.47. The van der Waals surface area contributed by atoms with E-state index in [0.29, 0.717) is 6.54 Å². The Hall–Kier alpha value is -1.42. The van der Waals surface area contributed by atoms with Gasteiger partial charge in [-0.05, 0) is 30.2 Å². The molecule has 0 fully saturated rings. The minimum absolute atomic E-state index is 0.0715. The van der Waals surface area contributed by atoms with Crippen LogP contribution in [0.15, 0.2) is 12.1 Å². The number of hydrogen-bond acceptors (Lipinski definition) is 3. The molecular formula is C11H12FNO2. The van der Waals surface area contributed by atoms with Gasteiger partial charge in [0, 0.05) is 6.54 Å². The van der Waals surface area contributed by atoms with E-state index in [0.717, 1.165) is 24.1 Å². The minimum atomic E-state index is -0.604. The maximum Gasteiger partial charge on any atom is 0.341 e. The molecule has 1 aromatic rings. The predicted octanol–water partition coefficient (Wildman–Crippen LogP) is 1.26. The molecule has 2 rings (SSSR count). The highest BCUT2D eigenvalue weighted by molar-refractivity contribution is 5.91. The number of carbonyl (C=O) groups excluding carboxylic acids is 1. The molecule has 0 radical (unpaired) electrons. The van der Waals surface area contributed by atoms with Crippen molar-refractivity contribution in [1.82, 2.24) is 5.32 Å². The first-order chi connectivity index (χ1) is 7.24. The third kappa shape index (κ3) is 1.72. The lowest BCUT2D eigenvalue weighted by Gasteiger charge is -2.19. The Morgan fingerprint density at radius 1 is 1.53 bits per heavy atom. The van der Waals surface area contributed by atoms with E-state index in [1.54, 1.807) is 6.07 Å². The summed E-state index contributed by atoms with van der Waals surface area (Å²) in [4.78, 5) is 11.4. The molecule has 1 N–H and O–H groups in total. The largest absolute Gasteiger partial charge is 0.465 e. The van der Waals surface area contributed by atoms with E-state index in [-0.39, 0.29) is 5.56 Å². The number of benzene rings is 1. The van der Waals surface area contributed by atoms with Gasteiger partial charge in [-0.2, -0.15) is 0 Å². The summed E-state index contributed by atoms with van der Waals surface area (Å²) < 4.78 is 18.1. The number of esters is 1. The highest BCUT2D eigenvalue weighted by Crippen LogP contribution is 2.22. The molecular weight excluding hydrogens is 197 g/mol. The molecule has 0 saturated carbocycles. The molecule has 3 nitrogen and oxygen atoms in total. The van der Waals surface area contributed by atoms with Crippen molar-refractivity contribution in [1.29, 1.82) is 0 Å². The molecule has 4 heteroatoms. The van der Waals surface area contributed by atoms with Crippen LogP contribution in [0.4, 0.5) is 4.39 Å². The molecule has 15 heavy (non-hydrogen) atoms. The summed E-state index contributed by atoms with van der Waals surface area (Å²) in [6, 6.07) is 3.06. The molecule has 1 heterocycles. The first kappa shape index (κ1) is 10.1. The van der Waals surface area contributed by atoms with E-state index < -0.39 is 11.8 Å². The SMILES string of the molecule is COC(=O)c1c(F)ccc2c1CNCC2. The van der Waals surface area contributed by atoms with Crippen LogP contribution in [-0.4, -0.2) is 19.6 Å². The molecule has 1 aliphatic rings. The van der Waals surface area contributed by atoms with Crippen LogP contribution in [0.5, 0.6) is 0 Å². The number of nitrogens with one attached hydrogen (secondary N) is 1. The van der Waals surface area contributed by atoms with Crippen LogP contribution < -0.4 is 5.32 Å². The lowest BCUT2D eigenvalue weighted by atomic mass is 9.95. The summed E-state index contributed by atoms with van der Waals surface area (Å²) in [6.07, 6.45) is 0.819. The molecule has 80 valence electrons. The van der Waals surface area contributed by atoms with Gasteiger partial charge in [0.05, 0.1) is 7.11 Å². The lowest BCUT2D eigenvalue weighted by Crippen LogP contribution is -2.26. The second-order valence-corrected chi connectivity index (χ2v) is 3.48. The maximum atomic E-state index is 13.5. The van der Waals surface area contributed by atoms with Crippen LogP contribution in [0.3, 0.4) is 0 Å². The first-order valence-corrected chi connectivity index (χ1v) is 4.83. The topological polar surface area (TPSA) is 38.3 Å². The van der Waals surface area contributed by atoms with Crippen molar-refractivity contribution in [3.63, 3.8) is 0 Å². The number of methoxy groups -OCH3 is 1. The smallest absolute Gasteiger partial charge is 0.341 e. The van der Waals surface area contributed by atoms with Gasteiger partial charge in [0.15, 0.2) is 0 Å². The van der Waals surface area contributed by atoms with Crippen molar-refractivity contribution in [2.75, 3.05) is 13.7 Å². The van der Waals surface area contributed by atoms with E-state index in [1.165, 1.54) is 13.2 Å². The molecule has 0 aliphatic carbocycles. The molecule has 0 saturated heterocycles. The van der Waals surface area contributed by atoms with E-state index in [2.05, 4.69) is 10.1 Å². The Labute approximate surface area is 87.2 Å². The normalized spacial score (nSPS) is 14.5. The molecule has 0 bridgehead atoms. The second kappa shape index (κ2) is 3.98. The summed E-state index contributed by atoms with van der Waals surface area (Å²) in [6.45, 7) is 1.39. The Balaban J connectivity index is 2.55. The van der Waals surface area contributed by atoms with Gasteiger partial charge in [-0.25, -0.2) is 9.18 Å². The number of ether oxygens (including phenoxy) is 1. The van der Waals surface area contributed by atoms with Crippen molar-refractivity contribution in [3.05, 3.63) is 34.6 Å². The van der Waals surface area contributed by atoms with Crippen LogP contribution in [0.2, 0.25) is 0 Å². The van der Waals surface area contributed by atoms with Gasteiger partial charge in [0.1, 0.15) is 11.4 Å². The summed E-state index contributed by atoms with van der Waals surface area (Å²) in [7, 11) is 1.26. The number of fused-ring (bicyclic) bond motifs is 1. The van der Waals surface area contributed by atoms with Gasteiger partial charge in [-0.3, -0.25) is 0 Å². The Morgan fingerprint density at radius 3 is 3.07 bits per heavy atom. The van der Waals surface area contributed by atoms with Gasteiger partial charge in [-0.15, -0.1) is 0 Å². The zero-order valence-corrected chi connectivity index (χ0v) is 8.47. The Morgan fingerprint density at radius 2 is 2.33 bits per heavy atom. The molecule has 0 amide bonds. The van der Waals surface area contributed by atoms with Crippen LogP contribution in [0, 0.1) is 5.82 Å². The second-order valence-electron chi connectivity index (χ2n) is 3.48. The highest BCUT2D eigenvalue weighted by Gasteiger charge is 2.21. The van der Waals surface area contributed by atoms with Crippen LogP contribution >= 0.6 is 0 Å². The summed E-state index contributed by atoms with van der Waals surface area (Å²) >= 11 is 0. The van der Waals surface area contributed by atoms with Gasteiger partial charge in [0.2, 0.25) is 0 Å². The number of carbonyl (C=O) groups is 1. The van der Waals surface area contributed by atoms with E-state index in [9.17, 15) is 9.18 Å². The summed E-state index contributed by atoms with van der Waals surface area (Å²) in [5, 5.41) is 3.11. The Bertz CT molecular complexity index is 404. The minimum Gasteiger partial charge on any atom is -0.465 e. The summed E-state index contributed by atoms with van der Waals surface area (Å²) in [5.74, 6) is -1.11. The van der Waals surface area contributed by atoms with Crippen molar-refractivity contribution in [2.24, 2.45) is 0 Å². The van der Waals surface area contributed by atoms with E-state index in [4.69, 9.17) is 0 Å². The van der Waals surface area contributed by atoms with Gasteiger partial charge < -0.3 is 10.1 Å². The van der Waals surface area contributed by atoms with Crippen molar-refractivity contribution in [2.45, 2.75) is 13.0 Å². The average Bonchev–Trinajstić information content (AvgIpc) is 2.28.